The van der Waals surface area contributed by atoms with E-state index in [1.807, 2.05) is 26.8 Å². The average Bonchev–Trinajstić information content (AvgIpc) is 2.55. The van der Waals surface area contributed by atoms with Crippen molar-refractivity contribution in [3.8, 4) is 0 Å². The third-order valence-electron chi connectivity index (χ3n) is 3.45. The molecule has 0 fully saturated rings. The van der Waals surface area contributed by atoms with E-state index < -0.39 is 5.25 Å². The second-order valence-electron chi connectivity index (χ2n) is 6.11. The number of thioether (sulfide) groups is 1. The van der Waals surface area contributed by atoms with Crippen LogP contribution in [0.1, 0.15) is 32.0 Å². The van der Waals surface area contributed by atoms with Gasteiger partial charge in [-0.1, -0.05) is 29.4 Å². The first-order chi connectivity index (χ1) is 12.2. The maximum absolute atomic E-state index is 12.4. The number of halogens is 1. The molecule has 1 unspecified atom stereocenters. The summed E-state index contributed by atoms with van der Waals surface area (Å²) in [6, 6.07) is 6.71. The summed E-state index contributed by atoms with van der Waals surface area (Å²) in [4.78, 5) is 31.2. The molecule has 0 aliphatic carbocycles. The Morgan fingerprint density at radius 3 is 2.77 bits per heavy atom. The van der Waals surface area contributed by atoms with Crippen LogP contribution < -0.4 is 10.9 Å². The lowest BCUT2D eigenvalue weighted by atomic mass is 10.2. The van der Waals surface area contributed by atoms with Crippen LogP contribution in [-0.2, 0) is 16.1 Å². The number of hydrogen-bond donors (Lipinski definition) is 2. The summed E-state index contributed by atoms with van der Waals surface area (Å²) in [5.41, 5.74) is 1.83. The fraction of sp³-hybridized carbons (Fsp3) is 0.389. The lowest BCUT2D eigenvalue weighted by Crippen LogP contribution is -2.24. The van der Waals surface area contributed by atoms with Crippen molar-refractivity contribution in [2.24, 2.45) is 0 Å². The quantitative estimate of drug-likeness (QED) is 0.550. The summed E-state index contributed by atoms with van der Waals surface area (Å²) < 4.78 is 5.48. The predicted molar refractivity (Wildman–Crippen MR) is 105 cm³/mol. The van der Waals surface area contributed by atoms with Crippen LogP contribution in [0.25, 0.3) is 0 Å². The SMILES string of the molecule is Cc1ccc(Cl)cc1NC(=O)C(C)Sc1nc(COC(C)C)cc(=O)[nH]1. The zero-order chi connectivity index (χ0) is 19.3. The predicted octanol–water partition coefficient (Wildman–Crippen LogP) is 3.78. The topological polar surface area (TPSA) is 84.1 Å². The normalized spacial score (nSPS) is 12.2. The van der Waals surface area contributed by atoms with E-state index in [9.17, 15) is 9.59 Å². The van der Waals surface area contributed by atoms with Gasteiger partial charge in [0, 0.05) is 16.8 Å². The Balaban J connectivity index is 2.06. The van der Waals surface area contributed by atoms with Gasteiger partial charge in [0.1, 0.15) is 0 Å². The highest BCUT2D eigenvalue weighted by Gasteiger charge is 2.17. The van der Waals surface area contributed by atoms with E-state index >= 15 is 0 Å². The Morgan fingerprint density at radius 1 is 1.35 bits per heavy atom. The van der Waals surface area contributed by atoms with Crippen LogP contribution in [0.2, 0.25) is 5.02 Å². The second-order valence-corrected chi connectivity index (χ2v) is 7.88. The van der Waals surface area contributed by atoms with Gasteiger partial charge >= 0.3 is 0 Å². The summed E-state index contributed by atoms with van der Waals surface area (Å²) in [6.45, 7) is 7.70. The van der Waals surface area contributed by atoms with E-state index in [0.717, 1.165) is 5.56 Å². The molecule has 2 rings (SSSR count). The number of anilines is 1. The average molecular weight is 396 g/mol. The van der Waals surface area contributed by atoms with Crippen molar-refractivity contribution < 1.29 is 9.53 Å². The first kappa shape index (κ1) is 20.5. The molecule has 26 heavy (non-hydrogen) atoms. The highest BCUT2D eigenvalue weighted by Crippen LogP contribution is 2.23. The number of amides is 1. The Labute approximate surface area is 161 Å². The van der Waals surface area contributed by atoms with Crippen LogP contribution in [0.3, 0.4) is 0 Å². The Morgan fingerprint density at radius 2 is 2.08 bits per heavy atom. The summed E-state index contributed by atoms with van der Waals surface area (Å²) in [5.74, 6) is -0.202. The largest absolute Gasteiger partial charge is 0.373 e. The molecule has 2 N–H and O–H groups in total. The van der Waals surface area contributed by atoms with Crippen LogP contribution in [0, 0.1) is 6.92 Å². The van der Waals surface area contributed by atoms with Crippen molar-refractivity contribution in [3.63, 3.8) is 0 Å². The van der Waals surface area contributed by atoms with Gasteiger partial charge < -0.3 is 15.0 Å². The molecule has 0 radical (unpaired) electrons. The number of aryl methyl sites for hydroxylation is 1. The fourth-order valence-electron chi connectivity index (χ4n) is 2.05. The van der Waals surface area contributed by atoms with Crippen LogP contribution in [-0.4, -0.2) is 27.2 Å². The third-order valence-corrected chi connectivity index (χ3v) is 4.67. The van der Waals surface area contributed by atoms with Gasteiger partial charge in [-0.2, -0.15) is 0 Å². The number of nitrogens with one attached hydrogen (secondary N) is 2. The molecule has 1 atom stereocenters. The van der Waals surface area contributed by atoms with Gasteiger partial charge in [0.15, 0.2) is 5.16 Å². The van der Waals surface area contributed by atoms with Crippen molar-refractivity contribution in [3.05, 3.63) is 50.9 Å². The van der Waals surface area contributed by atoms with Crippen molar-refractivity contribution in [1.29, 1.82) is 0 Å². The number of H-pyrrole nitrogens is 1. The molecule has 6 nitrogen and oxygen atoms in total. The molecule has 1 aromatic carbocycles. The lowest BCUT2D eigenvalue weighted by Gasteiger charge is -2.14. The standard InChI is InChI=1S/C18H22ClN3O3S/c1-10(2)25-9-14-8-16(23)22-18(20-14)26-12(4)17(24)21-15-7-13(19)6-5-11(15)3/h5-8,10,12H,9H2,1-4H3,(H,21,24)(H,20,22,23). The minimum Gasteiger partial charge on any atom is -0.373 e. The van der Waals surface area contributed by atoms with Gasteiger partial charge in [-0.3, -0.25) is 9.59 Å². The number of aromatic nitrogens is 2. The van der Waals surface area contributed by atoms with Gasteiger partial charge in [0.2, 0.25) is 5.91 Å². The van der Waals surface area contributed by atoms with Crippen LogP contribution in [0.15, 0.2) is 34.2 Å². The molecule has 140 valence electrons. The van der Waals surface area contributed by atoms with Crippen molar-refractivity contribution >= 4 is 35.0 Å². The third kappa shape index (κ3) is 6.16. The smallest absolute Gasteiger partial charge is 0.251 e. The van der Waals surface area contributed by atoms with Crippen LogP contribution in [0.4, 0.5) is 5.69 Å². The van der Waals surface area contributed by atoms with Crippen molar-refractivity contribution in [2.75, 3.05) is 5.32 Å². The van der Waals surface area contributed by atoms with E-state index in [0.29, 0.717) is 21.6 Å². The Hall–Kier alpha value is -1.83. The fourth-order valence-corrected chi connectivity index (χ4v) is 3.05. The van der Waals surface area contributed by atoms with Crippen LogP contribution >= 0.6 is 23.4 Å². The van der Waals surface area contributed by atoms with Crippen molar-refractivity contribution in [1.82, 2.24) is 9.97 Å². The summed E-state index contributed by atoms with van der Waals surface area (Å²) in [7, 11) is 0. The molecule has 0 spiro atoms. The maximum atomic E-state index is 12.4. The van der Waals surface area contributed by atoms with E-state index in [1.54, 1.807) is 19.1 Å². The molecule has 0 aliphatic rings. The Kier molecular flexibility index (Phi) is 7.25. The molecule has 0 aliphatic heterocycles. The number of rotatable bonds is 7. The number of nitrogens with zero attached hydrogens (tertiary/aromatic N) is 1. The lowest BCUT2D eigenvalue weighted by molar-refractivity contribution is -0.115. The zero-order valence-corrected chi connectivity index (χ0v) is 16.7. The van der Waals surface area contributed by atoms with Gasteiger partial charge in [-0.05, 0) is 45.4 Å². The van der Waals surface area contributed by atoms with Gasteiger partial charge in [0.25, 0.3) is 5.56 Å². The minimum atomic E-state index is -0.460. The highest BCUT2D eigenvalue weighted by molar-refractivity contribution is 8.00. The minimum absolute atomic E-state index is 0.0397. The molecule has 1 aromatic heterocycles. The summed E-state index contributed by atoms with van der Waals surface area (Å²) in [6.07, 6.45) is 0.0397. The molecule has 0 bridgehead atoms. The summed E-state index contributed by atoms with van der Waals surface area (Å²) >= 11 is 7.15. The number of benzene rings is 1. The number of carbonyl (C=O) groups excluding carboxylic acids is 1. The number of carbonyl (C=O) groups is 1. The highest BCUT2D eigenvalue weighted by atomic mass is 35.5. The maximum Gasteiger partial charge on any atom is 0.251 e. The van der Waals surface area contributed by atoms with Crippen molar-refractivity contribution in [2.45, 2.75) is 50.8 Å². The van der Waals surface area contributed by atoms with Gasteiger partial charge in [-0.25, -0.2) is 4.98 Å². The first-order valence-corrected chi connectivity index (χ1v) is 9.46. The monoisotopic (exact) mass is 395 g/mol. The number of hydrogen-bond acceptors (Lipinski definition) is 5. The second kappa shape index (κ2) is 9.21. The molecular formula is C18H22ClN3O3S. The zero-order valence-electron chi connectivity index (χ0n) is 15.1. The van der Waals surface area contributed by atoms with E-state index in [4.69, 9.17) is 16.3 Å². The molecule has 2 aromatic rings. The molecule has 1 heterocycles. The van der Waals surface area contributed by atoms with E-state index in [1.165, 1.54) is 17.8 Å². The molecule has 0 saturated heterocycles. The van der Waals surface area contributed by atoms with Gasteiger partial charge in [-0.15, -0.1) is 0 Å². The van der Waals surface area contributed by atoms with E-state index in [-0.39, 0.29) is 24.2 Å². The Bertz CT molecular complexity index is 839. The molecular weight excluding hydrogens is 374 g/mol. The van der Waals surface area contributed by atoms with Crippen LogP contribution in [0.5, 0.6) is 0 Å². The number of ether oxygens (including phenoxy) is 1. The molecule has 8 heteroatoms. The number of aromatic amines is 1. The molecule has 0 saturated carbocycles. The first-order valence-electron chi connectivity index (χ1n) is 8.20. The molecule has 1 amide bonds. The van der Waals surface area contributed by atoms with E-state index in [2.05, 4.69) is 15.3 Å². The van der Waals surface area contributed by atoms with Gasteiger partial charge in [0.05, 0.1) is 23.7 Å². The summed E-state index contributed by atoms with van der Waals surface area (Å²) in [5, 5.41) is 3.32.